The maximum absolute atomic E-state index is 13.8. The fourth-order valence-corrected chi connectivity index (χ4v) is 1.94. The van der Waals surface area contributed by atoms with E-state index in [9.17, 15) is 31.4 Å². The van der Waals surface area contributed by atoms with Crippen LogP contribution in [0.15, 0.2) is 47.3 Å². The maximum Gasteiger partial charge on any atom is 0.457 e. The Balaban J connectivity index is 2.77. The molecule has 1 heterocycles. The first-order valence-electron chi connectivity index (χ1n) is 5.57. The molecule has 1 unspecified atom stereocenters. The minimum absolute atomic E-state index is 0.506. The first-order chi connectivity index (χ1) is 9.62. The highest BCUT2D eigenvalue weighted by Gasteiger charge is 2.72. The van der Waals surface area contributed by atoms with Crippen molar-refractivity contribution in [3.8, 4) is 0 Å². The summed E-state index contributed by atoms with van der Waals surface area (Å²) in [5.74, 6) is -7.03. The van der Waals surface area contributed by atoms with Crippen LogP contribution in [0.3, 0.4) is 0 Å². The van der Waals surface area contributed by atoms with E-state index in [1.54, 1.807) is 0 Å². The maximum atomic E-state index is 13.8. The van der Waals surface area contributed by atoms with E-state index in [1.807, 2.05) is 0 Å². The molecule has 0 spiro atoms. The van der Waals surface area contributed by atoms with E-state index in [0.29, 0.717) is 24.5 Å². The van der Waals surface area contributed by atoms with Crippen molar-refractivity contribution in [2.24, 2.45) is 0 Å². The van der Waals surface area contributed by atoms with Crippen LogP contribution in [0.5, 0.6) is 0 Å². The fourth-order valence-electron chi connectivity index (χ4n) is 1.94. The summed E-state index contributed by atoms with van der Waals surface area (Å²) < 4.78 is 83.8. The van der Waals surface area contributed by atoms with Gasteiger partial charge >= 0.3 is 12.1 Å². The van der Waals surface area contributed by atoms with Crippen LogP contribution in [-0.2, 0) is 5.60 Å². The molecule has 0 aliphatic carbocycles. The van der Waals surface area contributed by atoms with E-state index in [0.717, 1.165) is 18.4 Å². The van der Waals surface area contributed by atoms with Gasteiger partial charge in [0.2, 0.25) is 0 Å². The molecule has 0 amide bonds. The molecule has 2 nitrogen and oxygen atoms in total. The lowest BCUT2D eigenvalue weighted by molar-refractivity contribution is -0.337. The van der Waals surface area contributed by atoms with Crippen molar-refractivity contribution in [3.05, 3.63) is 59.8 Å². The normalized spacial score (nSPS) is 15.8. The van der Waals surface area contributed by atoms with E-state index in [4.69, 9.17) is 0 Å². The molecule has 0 bridgehead atoms. The van der Waals surface area contributed by atoms with Crippen LogP contribution in [0.25, 0.3) is 0 Å². The third kappa shape index (κ3) is 2.19. The second-order valence-corrected chi connectivity index (χ2v) is 4.27. The van der Waals surface area contributed by atoms with E-state index in [-0.39, 0.29) is 0 Å². The lowest BCUT2D eigenvalue weighted by Crippen LogP contribution is -2.55. The molecule has 0 saturated carbocycles. The summed E-state index contributed by atoms with van der Waals surface area (Å²) in [4.78, 5) is 0. The van der Waals surface area contributed by atoms with Crippen molar-refractivity contribution in [1.82, 2.24) is 0 Å². The van der Waals surface area contributed by atoms with Gasteiger partial charge in [0, 0.05) is 11.1 Å². The topological polar surface area (TPSA) is 33.4 Å². The Morgan fingerprint density at radius 1 is 0.952 bits per heavy atom. The largest absolute Gasteiger partial charge is 0.472 e. The van der Waals surface area contributed by atoms with Crippen molar-refractivity contribution in [1.29, 1.82) is 0 Å². The highest BCUT2D eigenvalue weighted by Crippen LogP contribution is 2.52. The van der Waals surface area contributed by atoms with Crippen LogP contribution in [0.4, 0.5) is 26.3 Å². The van der Waals surface area contributed by atoms with Gasteiger partial charge in [-0.05, 0) is 12.1 Å². The smallest absolute Gasteiger partial charge is 0.457 e. The third-order valence-electron chi connectivity index (χ3n) is 3.01. The van der Waals surface area contributed by atoms with E-state index in [2.05, 4.69) is 4.42 Å². The number of alkyl halides is 5. The van der Waals surface area contributed by atoms with Gasteiger partial charge in [0.05, 0.1) is 12.5 Å². The Hall–Kier alpha value is -1.96. The van der Waals surface area contributed by atoms with Crippen LogP contribution < -0.4 is 0 Å². The van der Waals surface area contributed by atoms with Gasteiger partial charge in [-0.3, -0.25) is 0 Å². The third-order valence-corrected chi connectivity index (χ3v) is 3.01. The highest BCUT2D eigenvalue weighted by atomic mass is 19.4. The standard InChI is InChI=1S/C13H8F6O2/c14-10-4-2-1-3-9(10)11(20,8-5-6-21-7-8)12(15,16)13(17,18)19/h1-7,20H. The van der Waals surface area contributed by atoms with Gasteiger partial charge in [0.1, 0.15) is 5.82 Å². The van der Waals surface area contributed by atoms with Crippen molar-refractivity contribution < 1.29 is 35.9 Å². The highest BCUT2D eigenvalue weighted by molar-refractivity contribution is 5.38. The number of hydrogen-bond donors (Lipinski definition) is 1. The molecule has 2 rings (SSSR count). The van der Waals surface area contributed by atoms with E-state index < -0.39 is 34.6 Å². The Kier molecular flexibility index (Phi) is 3.53. The van der Waals surface area contributed by atoms with Gasteiger partial charge in [0.25, 0.3) is 0 Å². The Labute approximate surface area is 114 Å². The minimum atomic E-state index is -6.10. The zero-order valence-corrected chi connectivity index (χ0v) is 10.2. The molecule has 114 valence electrons. The summed E-state index contributed by atoms with van der Waals surface area (Å²) in [6.45, 7) is 0. The molecule has 0 aliphatic heterocycles. The molecule has 8 heteroatoms. The number of benzene rings is 1. The average molecular weight is 310 g/mol. The predicted molar refractivity (Wildman–Crippen MR) is 59.1 cm³/mol. The van der Waals surface area contributed by atoms with Gasteiger partial charge in [-0.25, -0.2) is 4.39 Å². The van der Waals surface area contributed by atoms with Crippen molar-refractivity contribution in [3.63, 3.8) is 0 Å². The summed E-state index contributed by atoms with van der Waals surface area (Å²) in [6.07, 6.45) is -4.79. The van der Waals surface area contributed by atoms with Crippen LogP contribution in [0.1, 0.15) is 11.1 Å². The molecular formula is C13H8F6O2. The van der Waals surface area contributed by atoms with Gasteiger partial charge in [-0.1, -0.05) is 18.2 Å². The van der Waals surface area contributed by atoms with E-state index in [1.165, 1.54) is 0 Å². The number of hydrogen-bond acceptors (Lipinski definition) is 2. The molecule has 0 saturated heterocycles. The second-order valence-electron chi connectivity index (χ2n) is 4.27. The summed E-state index contributed by atoms with van der Waals surface area (Å²) in [7, 11) is 0. The fraction of sp³-hybridized carbons (Fsp3) is 0.231. The molecule has 2 aromatic rings. The number of aliphatic hydroxyl groups is 1. The zero-order chi connectivity index (χ0) is 15.9. The molecule has 0 aliphatic rings. The monoisotopic (exact) mass is 310 g/mol. The molecule has 1 atom stereocenters. The molecule has 1 N–H and O–H groups in total. The van der Waals surface area contributed by atoms with Crippen molar-refractivity contribution >= 4 is 0 Å². The molecule has 0 radical (unpaired) electrons. The number of furan rings is 1. The SMILES string of the molecule is OC(c1ccoc1)(c1ccccc1F)C(F)(F)C(F)(F)F. The average Bonchev–Trinajstić information content (AvgIpc) is 2.91. The summed E-state index contributed by atoms with van der Waals surface area (Å²) in [6, 6.07) is 4.18. The van der Waals surface area contributed by atoms with Gasteiger partial charge in [0.15, 0.2) is 5.60 Å². The quantitative estimate of drug-likeness (QED) is 0.874. The zero-order valence-electron chi connectivity index (χ0n) is 10.2. The van der Waals surface area contributed by atoms with Crippen molar-refractivity contribution in [2.75, 3.05) is 0 Å². The summed E-state index contributed by atoms with van der Waals surface area (Å²) in [5, 5.41) is 10.1. The molecular weight excluding hydrogens is 302 g/mol. The summed E-state index contributed by atoms with van der Waals surface area (Å²) >= 11 is 0. The number of halogens is 6. The molecule has 0 fully saturated rings. The van der Waals surface area contributed by atoms with Gasteiger partial charge in [-0.15, -0.1) is 0 Å². The van der Waals surface area contributed by atoms with Gasteiger partial charge < -0.3 is 9.52 Å². The predicted octanol–water partition coefficient (Wildman–Crippen LogP) is 3.85. The first kappa shape index (κ1) is 15.4. The van der Waals surface area contributed by atoms with Crippen LogP contribution in [0, 0.1) is 5.82 Å². The number of rotatable bonds is 3. The second kappa shape index (κ2) is 4.80. The van der Waals surface area contributed by atoms with Crippen LogP contribution in [-0.4, -0.2) is 17.2 Å². The Morgan fingerprint density at radius 3 is 2.05 bits per heavy atom. The van der Waals surface area contributed by atoms with Gasteiger partial charge in [-0.2, -0.15) is 22.0 Å². The molecule has 1 aromatic carbocycles. The van der Waals surface area contributed by atoms with Crippen LogP contribution >= 0.6 is 0 Å². The first-order valence-corrected chi connectivity index (χ1v) is 5.57. The lowest BCUT2D eigenvalue weighted by atomic mass is 9.81. The van der Waals surface area contributed by atoms with E-state index >= 15 is 0 Å². The molecule has 21 heavy (non-hydrogen) atoms. The summed E-state index contributed by atoms with van der Waals surface area (Å²) in [5.41, 5.74) is -6.05. The van der Waals surface area contributed by atoms with Crippen molar-refractivity contribution in [2.45, 2.75) is 17.7 Å². The molecule has 1 aromatic heterocycles. The Bertz CT molecular complexity index is 620. The lowest BCUT2D eigenvalue weighted by Gasteiger charge is -2.36. The minimum Gasteiger partial charge on any atom is -0.472 e. The Morgan fingerprint density at radius 2 is 1.57 bits per heavy atom. The van der Waals surface area contributed by atoms with Crippen LogP contribution in [0.2, 0.25) is 0 Å².